The quantitative estimate of drug-likeness (QED) is 0.336. The zero-order chi connectivity index (χ0) is 13.4. The molecule has 98 valence electrons. The number of thioether (sulfide) groups is 1. The van der Waals surface area contributed by atoms with Crippen molar-refractivity contribution in [3.8, 4) is 0 Å². The van der Waals surface area contributed by atoms with Crippen LogP contribution < -0.4 is 11.1 Å². The summed E-state index contributed by atoms with van der Waals surface area (Å²) >= 11 is 1.42. The molecule has 0 aromatic rings. The van der Waals surface area contributed by atoms with Crippen molar-refractivity contribution in [1.29, 1.82) is 0 Å². The summed E-state index contributed by atoms with van der Waals surface area (Å²) in [5, 5.41) is 20.1. The second-order valence-corrected chi connectivity index (χ2v) is 4.57. The minimum absolute atomic E-state index is 0.365. The highest BCUT2D eigenvalue weighted by Gasteiger charge is 2.26. The highest BCUT2D eigenvalue weighted by molar-refractivity contribution is 7.99. The van der Waals surface area contributed by atoms with Crippen molar-refractivity contribution in [2.75, 3.05) is 11.5 Å². The van der Waals surface area contributed by atoms with Crippen molar-refractivity contribution in [2.45, 2.75) is 25.1 Å². The summed E-state index contributed by atoms with van der Waals surface area (Å²) in [5.74, 6) is -0.849. The molecule has 0 aromatic carbocycles. The van der Waals surface area contributed by atoms with Crippen LogP contribution in [0, 0.1) is 0 Å². The predicted octanol–water partition coefficient (Wildman–Crippen LogP) is -0.817. The molecule has 1 amide bonds. The van der Waals surface area contributed by atoms with Crippen LogP contribution >= 0.6 is 11.8 Å². The van der Waals surface area contributed by atoms with Crippen LogP contribution in [0.1, 0.15) is 6.92 Å². The van der Waals surface area contributed by atoms with Crippen molar-refractivity contribution in [3.63, 3.8) is 0 Å². The van der Waals surface area contributed by atoms with Crippen molar-refractivity contribution < 1.29 is 19.8 Å². The van der Waals surface area contributed by atoms with Gasteiger partial charge < -0.3 is 21.3 Å². The molecule has 0 aromatic heterocycles. The number of aliphatic hydroxyl groups is 1. The van der Waals surface area contributed by atoms with Crippen LogP contribution in [0.3, 0.4) is 0 Å². The van der Waals surface area contributed by atoms with Crippen molar-refractivity contribution in [3.05, 3.63) is 12.7 Å². The number of hydrogen-bond donors (Lipinski definition) is 4. The lowest BCUT2D eigenvalue weighted by Crippen LogP contribution is -2.53. The van der Waals surface area contributed by atoms with Crippen LogP contribution in [0.4, 0.5) is 0 Å². The smallest absolute Gasteiger partial charge is 0.328 e. The van der Waals surface area contributed by atoms with Crippen molar-refractivity contribution >= 4 is 23.6 Å². The molecule has 2 unspecified atom stereocenters. The van der Waals surface area contributed by atoms with E-state index in [1.165, 1.54) is 18.7 Å². The molecule has 3 atom stereocenters. The maximum absolute atomic E-state index is 11.5. The number of nitrogens with one attached hydrogen (secondary N) is 1. The minimum Gasteiger partial charge on any atom is -0.480 e. The fraction of sp³-hybridized carbons (Fsp3) is 0.600. The predicted molar refractivity (Wildman–Crippen MR) is 66.7 cm³/mol. The van der Waals surface area contributed by atoms with E-state index in [0.29, 0.717) is 11.5 Å². The van der Waals surface area contributed by atoms with Crippen LogP contribution in [0.25, 0.3) is 0 Å². The van der Waals surface area contributed by atoms with Crippen LogP contribution in [0.15, 0.2) is 12.7 Å². The molecule has 0 saturated carbocycles. The molecule has 5 N–H and O–H groups in total. The Balaban J connectivity index is 4.21. The molecule has 0 fully saturated rings. The van der Waals surface area contributed by atoms with E-state index in [1.807, 2.05) is 0 Å². The van der Waals surface area contributed by atoms with Gasteiger partial charge in [-0.2, -0.15) is 11.8 Å². The van der Waals surface area contributed by atoms with Gasteiger partial charge in [0, 0.05) is 11.5 Å². The maximum Gasteiger partial charge on any atom is 0.328 e. The first kappa shape index (κ1) is 16.0. The van der Waals surface area contributed by atoms with Gasteiger partial charge in [0.25, 0.3) is 0 Å². The van der Waals surface area contributed by atoms with Gasteiger partial charge in [-0.3, -0.25) is 4.79 Å². The standard InChI is InChI=1S/C10H18N2O4S/c1-3-4-17-5-7(11)9(14)12-8(6(2)13)10(15)16/h3,6-8,13H,1,4-5,11H2,2H3,(H,12,14)(H,15,16)/t6?,7?,8-/m0/s1. The van der Waals surface area contributed by atoms with E-state index in [1.54, 1.807) is 6.08 Å². The lowest BCUT2D eigenvalue weighted by molar-refractivity contribution is -0.144. The molecule has 6 nitrogen and oxygen atoms in total. The lowest BCUT2D eigenvalue weighted by Gasteiger charge is -2.19. The average Bonchev–Trinajstić information content (AvgIpc) is 2.24. The Morgan fingerprint density at radius 1 is 1.59 bits per heavy atom. The van der Waals surface area contributed by atoms with Gasteiger partial charge >= 0.3 is 5.97 Å². The number of carboxylic acids is 1. The number of carboxylic acid groups (broad SMARTS) is 1. The van der Waals surface area contributed by atoms with Gasteiger partial charge in [-0.05, 0) is 6.92 Å². The molecule has 17 heavy (non-hydrogen) atoms. The van der Waals surface area contributed by atoms with E-state index in [2.05, 4.69) is 11.9 Å². The van der Waals surface area contributed by atoms with Crippen molar-refractivity contribution in [2.24, 2.45) is 5.73 Å². The second kappa shape index (κ2) is 8.10. The number of carbonyl (C=O) groups is 2. The van der Waals surface area contributed by atoms with Gasteiger partial charge in [-0.15, -0.1) is 6.58 Å². The summed E-state index contributed by atoms with van der Waals surface area (Å²) < 4.78 is 0. The molecule has 0 aliphatic carbocycles. The lowest BCUT2D eigenvalue weighted by atomic mass is 10.1. The molecule has 0 rings (SSSR count). The zero-order valence-corrected chi connectivity index (χ0v) is 10.4. The molecule has 0 aliphatic heterocycles. The first-order chi connectivity index (χ1) is 7.90. The number of hydrogen-bond acceptors (Lipinski definition) is 5. The van der Waals surface area contributed by atoms with Gasteiger partial charge in [0.15, 0.2) is 6.04 Å². The third kappa shape index (κ3) is 6.30. The van der Waals surface area contributed by atoms with Gasteiger partial charge in [-0.1, -0.05) is 6.08 Å². The normalized spacial score (nSPS) is 15.7. The van der Waals surface area contributed by atoms with E-state index < -0.39 is 30.1 Å². The van der Waals surface area contributed by atoms with E-state index in [-0.39, 0.29) is 0 Å². The van der Waals surface area contributed by atoms with Gasteiger partial charge in [0.2, 0.25) is 5.91 Å². The summed E-state index contributed by atoms with van der Waals surface area (Å²) in [6.45, 7) is 4.81. The Morgan fingerprint density at radius 2 is 2.18 bits per heavy atom. The minimum atomic E-state index is -1.34. The van der Waals surface area contributed by atoms with Gasteiger partial charge in [0.1, 0.15) is 0 Å². The number of aliphatic carboxylic acids is 1. The monoisotopic (exact) mass is 262 g/mol. The van der Waals surface area contributed by atoms with E-state index in [9.17, 15) is 14.7 Å². The number of carbonyl (C=O) groups excluding carboxylic acids is 1. The molecular formula is C10H18N2O4S. The zero-order valence-electron chi connectivity index (χ0n) is 9.63. The first-order valence-corrected chi connectivity index (χ1v) is 6.21. The molecule has 0 heterocycles. The van der Waals surface area contributed by atoms with Gasteiger partial charge in [0.05, 0.1) is 12.1 Å². The molecule has 0 radical (unpaired) electrons. The molecule has 0 spiro atoms. The summed E-state index contributed by atoms with van der Waals surface area (Å²) in [6, 6.07) is -2.14. The second-order valence-electron chi connectivity index (χ2n) is 3.50. The third-order valence-corrected chi connectivity index (χ3v) is 2.98. The Bertz CT molecular complexity index is 283. The highest BCUT2D eigenvalue weighted by Crippen LogP contribution is 2.02. The third-order valence-electron chi connectivity index (χ3n) is 1.92. The maximum atomic E-state index is 11.5. The van der Waals surface area contributed by atoms with E-state index >= 15 is 0 Å². The number of rotatable bonds is 8. The average molecular weight is 262 g/mol. The molecule has 0 saturated heterocycles. The number of amides is 1. The summed E-state index contributed by atoms with van der Waals surface area (Å²) in [7, 11) is 0. The summed E-state index contributed by atoms with van der Waals surface area (Å²) in [5.41, 5.74) is 5.56. The number of nitrogens with two attached hydrogens (primary N) is 1. The first-order valence-electron chi connectivity index (χ1n) is 5.05. The van der Waals surface area contributed by atoms with Crippen LogP contribution in [-0.2, 0) is 9.59 Å². The van der Waals surface area contributed by atoms with Crippen LogP contribution in [0.2, 0.25) is 0 Å². The Kier molecular flexibility index (Phi) is 7.60. The fourth-order valence-corrected chi connectivity index (χ4v) is 1.71. The van der Waals surface area contributed by atoms with Crippen molar-refractivity contribution in [1.82, 2.24) is 5.32 Å². The highest BCUT2D eigenvalue weighted by atomic mass is 32.2. The molecule has 7 heteroatoms. The molecule has 0 aliphatic rings. The van der Waals surface area contributed by atoms with E-state index in [4.69, 9.17) is 10.8 Å². The Labute approximate surface area is 104 Å². The number of aliphatic hydroxyl groups excluding tert-OH is 1. The van der Waals surface area contributed by atoms with Crippen LogP contribution in [-0.4, -0.2) is 51.8 Å². The topological polar surface area (TPSA) is 113 Å². The summed E-state index contributed by atoms with van der Waals surface area (Å²) in [6.07, 6.45) is 0.509. The largest absolute Gasteiger partial charge is 0.480 e. The Morgan fingerprint density at radius 3 is 2.59 bits per heavy atom. The van der Waals surface area contributed by atoms with E-state index in [0.717, 1.165) is 0 Å². The van der Waals surface area contributed by atoms with Crippen LogP contribution in [0.5, 0.6) is 0 Å². The fourth-order valence-electron chi connectivity index (χ4n) is 1.00. The molecular weight excluding hydrogens is 244 g/mol. The summed E-state index contributed by atoms with van der Waals surface area (Å²) in [4.78, 5) is 22.2. The molecule has 0 bridgehead atoms. The van der Waals surface area contributed by atoms with Gasteiger partial charge in [-0.25, -0.2) is 4.79 Å². The Hall–Kier alpha value is -1.05. The SMILES string of the molecule is C=CCSCC(N)C(=O)N[C@H](C(=O)O)C(C)O.